The standard InChI is InChI=1S/C21H13ClFN3O5S/c22-18-11-10-17(12-20(18)26(27)28)32(29,30)31-21-13-19(14-4-2-1-3-5-14)24-25(21)16-8-6-15(23)7-9-16/h1-13H. The van der Waals surface area contributed by atoms with E-state index in [1.54, 1.807) is 24.3 Å². The number of halogens is 2. The fourth-order valence-electron chi connectivity index (χ4n) is 2.89. The number of rotatable bonds is 6. The van der Waals surface area contributed by atoms with Crippen LogP contribution < -0.4 is 4.18 Å². The zero-order valence-electron chi connectivity index (χ0n) is 16.1. The number of nitro groups is 1. The molecule has 32 heavy (non-hydrogen) atoms. The second-order valence-electron chi connectivity index (χ2n) is 6.53. The zero-order valence-corrected chi connectivity index (χ0v) is 17.6. The predicted molar refractivity (Wildman–Crippen MR) is 115 cm³/mol. The van der Waals surface area contributed by atoms with Crippen LogP contribution in [-0.4, -0.2) is 23.1 Å². The summed E-state index contributed by atoms with van der Waals surface area (Å²) >= 11 is 5.77. The van der Waals surface area contributed by atoms with Crippen LogP contribution in [0.15, 0.2) is 83.8 Å². The molecule has 0 unspecified atom stereocenters. The normalized spacial score (nSPS) is 11.3. The van der Waals surface area contributed by atoms with Gasteiger partial charge < -0.3 is 4.18 Å². The molecule has 1 aromatic heterocycles. The van der Waals surface area contributed by atoms with Crippen molar-refractivity contribution in [1.29, 1.82) is 0 Å². The van der Waals surface area contributed by atoms with E-state index in [2.05, 4.69) is 5.10 Å². The van der Waals surface area contributed by atoms with E-state index in [0.717, 1.165) is 18.2 Å². The Bertz CT molecular complexity index is 1410. The molecule has 4 aromatic rings. The zero-order chi connectivity index (χ0) is 22.9. The van der Waals surface area contributed by atoms with Gasteiger partial charge in [-0.3, -0.25) is 10.1 Å². The molecule has 0 saturated carbocycles. The lowest BCUT2D eigenvalue weighted by Gasteiger charge is -2.09. The third-order valence-corrected chi connectivity index (χ3v) is 5.96. The van der Waals surface area contributed by atoms with Crippen molar-refractivity contribution in [3.05, 3.63) is 99.8 Å². The Labute approximate surface area is 186 Å². The lowest BCUT2D eigenvalue weighted by Crippen LogP contribution is -2.13. The minimum Gasteiger partial charge on any atom is -0.358 e. The van der Waals surface area contributed by atoms with E-state index in [-0.39, 0.29) is 10.9 Å². The van der Waals surface area contributed by atoms with Crippen LogP contribution in [0.2, 0.25) is 5.02 Å². The van der Waals surface area contributed by atoms with E-state index in [0.29, 0.717) is 16.9 Å². The first-order valence-corrected chi connectivity index (χ1v) is 10.8. The molecular formula is C21H13ClFN3O5S. The molecule has 162 valence electrons. The molecule has 0 spiro atoms. The molecule has 0 aliphatic carbocycles. The quantitative estimate of drug-likeness (QED) is 0.221. The Morgan fingerprint density at radius 2 is 1.69 bits per heavy atom. The minimum absolute atomic E-state index is 0.187. The van der Waals surface area contributed by atoms with Gasteiger partial charge in [0, 0.05) is 17.7 Å². The number of hydrogen-bond donors (Lipinski definition) is 0. The first-order valence-electron chi connectivity index (χ1n) is 9.04. The van der Waals surface area contributed by atoms with E-state index < -0.39 is 31.4 Å². The van der Waals surface area contributed by atoms with Crippen LogP contribution in [0.3, 0.4) is 0 Å². The van der Waals surface area contributed by atoms with E-state index in [1.165, 1.54) is 35.0 Å². The van der Waals surface area contributed by atoms with Gasteiger partial charge in [-0.15, -0.1) is 0 Å². The van der Waals surface area contributed by atoms with Gasteiger partial charge in [-0.05, 0) is 36.4 Å². The summed E-state index contributed by atoms with van der Waals surface area (Å²) in [7, 11) is -4.49. The monoisotopic (exact) mass is 473 g/mol. The van der Waals surface area contributed by atoms with Crippen LogP contribution in [0.4, 0.5) is 10.1 Å². The summed E-state index contributed by atoms with van der Waals surface area (Å²) in [5, 5.41) is 15.3. The molecule has 0 amide bonds. The molecular weight excluding hydrogens is 461 g/mol. The van der Waals surface area contributed by atoms with Crippen LogP contribution in [-0.2, 0) is 10.1 Å². The highest BCUT2D eigenvalue weighted by atomic mass is 35.5. The lowest BCUT2D eigenvalue weighted by atomic mass is 10.2. The number of nitro benzene ring substituents is 1. The van der Waals surface area contributed by atoms with Gasteiger partial charge in [-0.2, -0.15) is 18.2 Å². The summed E-state index contributed by atoms with van der Waals surface area (Å²) in [5.74, 6) is -0.666. The van der Waals surface area contributed by atoms with Gasteiger partial charge in [0.2, 0.25) is 5.88 Å². The third-order valence-electron chi connectivity index (χ3n) is 4.42. The maximum atomic E-state index is 13.4. The Kier molecular flexibility index (Phi) is 5.64. The fourth-order valence-corrected chi connectivity index (χ4v) is 4.01. The van der Waals surface area contributed by atoms with Crippen LogP contribution >= 0.6 is 11.6 Å². The van der Waals surface area contributed by atoms with Crippen molar-refractivity contribution in [3.8, 4) is 22.8 Å². The first-order chi connectivity index (χ1) is 15.2. The van der Waals surface area contributed by atoms with Gasteiger partial charge in [0.15, 0.2) is 0 Å². The summed E-state index contributed by atoms with van der Waals surface area (Å²) in [6, 6.07) is 18.6. The number of hydrogen-bond acceptors (Lipinski definition) is 6. The molecule has 3 aromatic carbocycles. The highest BCUT2D eigenvalue weighted by molar-refractivity contribution is 7.87. The molecule has 11 heteroatoms. The van der Waals surface area contributed by atoms with Gasteiger partial charge in [0.05, 0.1) is 16.3 Å². The molecule has 8 nitrogen and oxygen atoms in total. The average Bonchev–Trinajstić information content (AvgIpc) is 3.18. The van der Waals surface area contributed by atoms with Crippen LogP contribution in [0.5, 0.6) is 5.88 Å². The summed E-state index contributed by atoms with van der Waals surface area (Å²) in [5.41, 5.74) is 0.870. The van der Waals surface area contributed by atoms with Crippen molar-refractivity contribution < 1.29 is 21.9 Å². The minimum atomic E-state index is -4.49. The number of aromatic nitrogens is 2. The highest BCUT2D eigenvalue weighted by Crippen LogP contribution is 2.31. The highest BCUT2D eigenvalue weighted by Gasteiger charge is 2.25. The summed E-state index contributed by atoms with van der Waals surface area (Å²) in [6.07, 6.45) is 0. The molecule has 1 heterocycles. The largest absolute Gasteiger partial charge is 0.358 e. The maximum absolute atomic E-state index is 13.4. The molecule has 0 radical (unpaired) electrons. The fraction of sp³-hybridized carbons (Fsp3) is 0. The Morgan fingerprint density at radius 1 is 1.00 bits per heavy atom. The smallest absolute Gasteiger partial charge is 0.340 e. The molecule has 0 aliphatic heterocycles. The average molecular weight is 474 g/mol. The Balaban J connectivity index is 1.80. The molecule has 0 bridgehead atoms. The van der Waals surface area contributed by atoms with E-state index in [9.17, 15) is 22.9 Å². The maximum Gasteiger partial charge on any atom is 0.340 e. The molecule has 0 fully saturated rings. The van der Waals surface area contributed by atoms with Gasteiger partial charge in [-0.1, -0.05) is 41.9 Å². The van der Waals surface area contributed by atoms with Gasteiger partial charge >= 0.3 is 10.1 Å². The Hall–Kier alpha value is -3.76. The van der Waals surface area contributed by atoms with Crippen LogP contribution in [0.1, 0.15) is 0 Å². The summed E-state index contributed by atoms with van der Waals surface area (Å²) in [4.78, 5) is 9.88. The van der Waals surface area contributed by atoms with Crippen molar-refractivity contribution in [2.75, 3.05) is 0 Å². The third kappa shape index (κ3) is 4.32. The van der Waals surface area contributed by atoms with Crippen molar-refractivity contribution >= 4 is 27.4 Å². The van der Waals surface area contributed by atoms with Gasteiger partial charge in [0.25, 0.3) is 5.69 Å². The molecule has 4 rings (SSSR count). The molecule has 0 N–H and O–H groups in total. The van der Waals surface area contributed by atoms with E-state index >= 15 is 0 Å². The van der Waals surface area contributed by atoms with Crippen molar-refractivity contribution in [1.82, 2.24) is 9.78 Å². The topological polar surface area (TPSA) is 104 Å². The SMILES string of the molecule is O=[N+]([O-])c1cc(S(=O)(=O)Oc2cc(-c3ccccc3)nn2-c2ccc(F)cc2)ccc1Cl. The summed E-state index contributed by atoms with van der Waals surface area (Å²) < 4.78 is 45.6. The second-order valence-corrected chi connectivity index (χ2v) is 8.48. The second kappa shape index (κ2) is 8.40. The molecule has 0 aliphatic rings. The van der Waals surface area contributed by atoms with E-state index in [1.807, 2.05) is 6.07 Å². The Morgan fingerprint density at radius 3 is 2.34 bits per heavy atom. The first kappa shape index (κ1) is 21.5. The van der Waals surface area contributed by atoms with Crippen molar-refractivity contribution in [2.24, 2.45) is 0 Å². The van der Waals surface area contributed by atoms with E-state index in [4.69, 9.17) is 15.8 Å². The number of benzene rings is 3. The van der Waals surface area contributed by atoms with Crippen molar-refractivity contribution in [2.45, 2.75) is 4.90 Å². The summed E-state index contributed by atoms with van der Waals surface area (Å²) in [6.45, 7) is 0. The van der Waals surface area contributed by atoms with Gasteiger partial charge in [0.1, 0.15) is 15.7 Å². The van der Waals surface area contributed by atoms with Crippen LogP contribution in [0, 0.1) is 15.9 Å². The predicted octanol–water partition coefficient (Wildman–Crippen LogP) is 5.01. The molecule has 0 saturated heterocycles. The lowest BCUT2D eigenvalue weighted by molar-refractivity contribution is -0.384. The van der Waals surface area contributed by atoms with Crippen molar-refractivity contribution in [3.63, 3.8) is 0 Å². The molecule has 0 atom stereocenters. The van der Waals surface area contributed by atoms with Gasteiger partial charge in [-0.25, -0.2) is 4.39 Å². The number of nitrogens with zero attached hydrogens (tertiary/aromatic N) is 3. The van der Waals surface area contributed by atoms with Crippen LogP contribution in [0.25, 0.3) is 16.9 Å².